The largest absolute Gasteiger partial charge is 0.416 e. The lowest BCUT2D eigenvalue weighted by Gasteiger charge is -2.35. The third-order valence-electron chi connectivity index (χ3n) is 5.14. The van der Waals surface area contributed by atoms with Crippen LogP contribution >= 0.6 is 0 Å². The van der Waals surface area contributed by atoms with Gasteiger partial charge in [-0.25, -0.2) is 14.4 Å². The fourth-order valence-electron chi connectivity index (χ4n) is 3.42. The molecule has 2 heterocycles. The van der Waals surface area contributed by atoms with Gasteiger partial charge in [0.05, 0.1) is 11.3 Å². The highest BCUT2D eigenvalue weighted by Gasteiger charge is 2.30. The van der Waals surface area contributed by atoms with Crippen LogP contribution < -0.4 is 4.90 Å². The molecule has 0 spiro atoms. The van der Waals surface area contributed by atoms with Crippen LogP contribution in [0.3, 0.4) is 0 Å². The molecular formula is C22H18F4N4O. The molecule has 2 aromatic carbocycles. The summed E-state index contributed by atoms with van der Waals surface area (Å²) < 4.78 is 51.3. The number of benzene rings is 2. The van der Waals surface area contributed by atoms with Gasteiger partial charge in [-0.05, 0) is 48.5 Å². The summed E-state index contributed by atoms with van der Waals surface area (Å²) in [6.45, 7) is 1.87. The van der Waals surface area contributed by atoms with Crippen LogP contribution in [0.5, 0.6) is 0 Å². The molecule has 0 N–H and O–H groups in total. The zero-order chi connectivity index (χ0) is 22.0. The normalized spacial score (nSPS) is 14.6. The summed E-state index contributed by atoms with van der Waals surface area (Å²) >= 11 is 0. The molecular weight excluding hydrogens is 412 g/mol. The summed E-state index contributed by atoms with van der Waals surface area (Å²) in [4.78, 5) is 24.8. The lowest BCUT2D eigenvalue weighted by Crippen LogP contribution is -2.49. The second-order valence-corrected chi connectivity index (χ2v) is 7.12. The van der Waals surface area contributed by atoms with Gasteiger partial charge >= 0.3 is 6.18 Å². The summed E-state index contributed by atoms with van der Waals surface area (Å²) in [6, 6.07) is 12.1. The third-order valence-corrected chi connectivity index (χ3v) is 5.14. The maximum absolute atomic E-state index is 13.1. The zero-order valence-corrected chi connectivity index (χ0v) is 16.3. The Morgan fingerprint density at radius 1 is 0.871 bits per heavy atom. The molecule has 4 rings (SSSR count). The van der Waals surface area contributed by atoms with E-state index in [1.165, 1.54) is 30.6 Å². The Labute approximate surface area is 176 Å². The molecule has 0 aliphatic carbocycles. The molecule has 1 aliphatic heterocycles. The van der Waals surface area contributed by atoms with E-state index in [1.54, 1.807) is 23.1 Å². The number of anilines is 1. The monoisotopic (exact) mass is 430 g/mol. The number of nitrogens with zero attached hydrogens (tertiary/aromatic N) is 4. The number of alkyl halides is 3. The lowest BCUT2D eigenvalue weighted by molar-refractivity contribution is -0.137. The summed E-state index contributed by atoms with van der Waals surface area (Å²) in [6.07, 6.45) is -2.99. The van der Waals surface area contributed by atoms with Crippen LogP contribution in [0.1, 0.15) is 15.9 Å². The van der Waals surface area contributed by atoms with Crippen LogP contribution in [0.25, 0.3) is 11.3 Å². The molecule has 160 valence electrons. The van der Waals surface area contributed by atoms with Crippen molar-refractivity contribution in [3.63, 3.8) is 0 Å². The number of piperazine rings is 1. The fraction of sp³-hybridized carbons (Fsp3) is 0.227. The van der Waals surface area contributed by atoms with E-state index in [0.29, 0.717) is 37.7 Å². The van der Waals surface area contributed by atoms with Crippen molar-refractivity contribution in [1.82, 2.24) is 14.9 Å². The van der Waals surface area contributed by atoms with Crippen LogP contribution in [-0.2, 0) is 6.18 Å². The molecule has 31 heavy (non-hydrogen) atoms. The van der Waals surface area contributed by atoms with Crippen molar-refractivity contribution >= 4 is 11.7 Å². The van der Waals surface area contributed by atoms with Gasteiger partial charge in [0.2, 0.25) is 0 Å². The fourth-order valence-corrected chi connectivity index (χ4v) is 3.42. The van der Waals surface area contributed by atoms with Crippen LogP contribution in [0.2, 0.25) is 0 Å². The van der Waals surface area contributed by atoms with E-state index >= 15 is 0 Å². The minimum atomic E-state index is -4.43. The molecule has 1 aliphatic rings. The Morgan fingerprint density at radius 2 is 1.52 bits per heavy atom. The van der Waals surface area contributed by atoms with E-state index in [-0.39, 0.29) is 17.3 Å². The first-order chi connectivity index (χ1) is 14.8. The second-order valence-electron chi connectivity index (χ2n) is 7.12. The first kappa shape index (κ1) is 20.8. The Kier molecular flexibility index (Phi) is 5.58. The molecule has 1 amide bonds. The number of rotatable bonds is 3. The topological polar surface area (TPSA) is 49.3 Å². The molecule has 3 aromatic rings. The molecule has 1 saturated heterocycles. The number of carbonyl (C=O) groups is 1. The Balaban J connectivity index is 1.41. The average molecular weight is 430 g/mol. The maximum atomic E-state index is 13.1. The number of hydrogen-bond acceptors (Lipinski definition) is 4. The number of amides is 1. The maximum Gasteiger partial charge on any atom is 0.416 e. The van der Waals surface area contributed by atoms with Gasteiger partial charge in [0, 0.05) is 43.4 Å². The van der Waals surface area contributed by atoms with E-state index in [9.17, 15) is 22.4 Å². The number of hydrogen-bond donors (Lipinski definition) is 0. The molecule has 9 heteroatoms. The minimum absolute atomic E-state index is 0.224. The first-order valence-electron chi connectivity index (χ1n) is 9.61. The van der Waals surface area contributed by atoms with Gasteiger partial charge in [-0.1, -0.05) is 0 Å². The van der Waals surface area contributed by atoms with E-state index in [4.69, 9.17) is 0 Å². The van der Waals surface area contributed by atoms with Crippen molar-refractivity contribution < 1.29 is 22.4 Å². The van der Waals surface area contributed by atoms with Crippen molar-refractivity contribution in [2.75, 3.05) is 31.1 Å². The van der Waals surface area contributed by atoms with Crippen molar-refractivity contribution in [2.45, 2.75) is 6.18 Å². The van der Waals surface area contributed by atoms with Gasteiger partial charge in [-0.3, -0.25) is 4.79 Å². The smallest absolute Gasteiger partial charge is 0.353 e. The van der Waals surface area contributed by atoms with Crippen LogP contribution in [0, 0.1) is 5.82 Å². The van der Waals surface area contributed by atoms with Gasteiger partial charge in [0.15, 0.2) is 0 Å². The standard InChI is InChI=1S/C22H18F4N4O/c23-18-7-3-15(4-8-18)19-13-20(28-14-27-19)29-9-11-30(12-10-29)21(31)16-1-5-17(6-2-16)22(24,25)26/h1-8,13-14H,9-12H2. The molecule has 0 saturated carbocycles. The van der Waals surface area contributed by atoms with Crippen molar-refractivity contribution in [1.29, 1.82) is 0 Å². The van der Waals surface area contributed by atoms with Crippen molar-refractivity contribution in [3.8, 4) is 11.3 Å². The highest BCUT2D eigenvalue weighted by atomic mass is 19.4. The highest BCUT2D eigenvalue weighted by molar-refractivity contribution is 5.94. The summed E-state index contributed by atoms with van der Waals surface area (Å²) in [7, 11) is 0. The van der Waals surface area contributed by atoms with Crippen LogP contribution in [0.4, 0.5) is 23.4 Å². The van der Waals surface area contributed by atoms with Gasteiger partial charge in [0.1, 0.15) is 18.0 Å². The molecule has 0 atom stereocenters. The molecule has 5 nitrogen and oxygen atoms in total. The molecule has 0 bridgehead atoms. The van der Waals surface area contributed by atoms with Gasteiger partial charge in [-0.15, -0.1) is 0 Å². The summed E-state index contributed by atoms with van der Waals surface area (Å²) in [5, 5.41) is 0. The SMILES string of the molecule is O=C(c1ccc(C(F)(F)F)cc1)N1CCN(c2cc(-c3ccc(F)cc3)ncn2)CC1. The second kappa shape index (κ2) is 8.33. The van der Waals surface area contributed by atoms with Crippen molar-refractivity contribution in [2.24, 2.45) is 0 Å². The van der Waals surface area contributed by atoms with Gasteiger partial charge < -0.3 is 9.80 Å². The third kappa shape index (κ3) is 4.65. The van der Waals surface area contributed by atoms with Crippen LogP contribution in [0.15, 0.2) is 60.9 Å². The molecule has 1 aromatic heterocycles. The molecule has 0 radical (unpaired) electrons. The molecule has 0 unspecified atom stereocenters. The Hall–Kier alpha value is -3.49. The van der Waals surface area contributed by atoms with E-state index in [0.717, 1.165) is 17.7 Å². The summed E-state index contributed by atoms with van der Waals surface area (Å²) in [5.74, 6) is 0.0610. The van der Waals surface area contributed by atoms with Crippen molar-refractivity contribution in [3.05, 3.63) is 77.9 Å². The lowest BCUT2D eigenvalue weighted by atomic mass is 10.1. The predicted octanol–water partition coefficient (Wildman–Crippen LogP) is 4.26. The van der Waals surface area contributed by atoms with E-state index in [1.807, 2.05) is 4.90 Å². The predicted molar refractivity (Wildman–Crippen MR) is 107 cm³/mol. The van der Waals surface area contributed by atoms with E-state index in [2.05, 4.69) is 9.97 Å². The minimum Gasteiger partial charge on any atom is -0.353 e. The molecule has 1 fully saturated rings. The van der Waals surface area contributed by atoms with E-state index < -0.39 is 11.7 Å². The zero-order valence-electron chi connectivity index (χ0n) is 16.3. The van der Waals surface area contributed by atoms with Gasteiger partial charge in [-0.2, -0.15) is 13.2 Å². The first-order valence-corrected chi connectivity index (χ1v) is 9.61. The highest BCUT2D eigenvalue weighted by Crippen LogP contribution is 2.29. The Bertz CT molecular complexity index is 1060. The van der Waals surface area contributed by atoms with Crippen LogP contribution in [-0.4, -0.2) is 47.0 Å². The number of halogens is 4. The average Bonchev–Trinajstić information content (AvgIpc) is 2.79. The number of carbonyl (C=O) groups excluding carboxylic acids is 1. The Morgan fingerprint density at radius 3 is 2.13 bits per heavy atom. The number of aromatic nitrogens is 2. The van der Waals surface area contributed by atoms with Gasteiger partial charge in [0.25, 0.3) is 5.91 Å². The summed E-state index contributed by atoms with van der Waals surface area (Å²) in [5.41, 5.74) is 0.867. The quantitative estimate of drug-likeness (QED) is 0.583.